The molecule has 3 aromatic carbocycles. The number of ketones is 1. The fourth-order valence-electron chi connectivity index (χ4n) is 4.10. The van der Waals surface area contributed by atoms with Crippen molar-refractivity contribution in [2.24, 2.45) is 0 Å². The molecule has 0 radical (unpaired) electrons. The summed E-state index contributed by atoms with van der Waals surface area (Å²) >= 11 is 6.11. The quantitative estimate of drug-likeness (QED) is 0.527. The summed E-state index contributed by atoms with van der Waals surface area (Å²) in [6.45, 7) is 4.26. The van der Waals surface area contributed by atoms with E-state index in [4.69, 9.17) is 11.6 Å². The van der Waals surface area contributed by atoms with Crippen LogP contribution in [0.2, 0.25) is 5.02 Å². The van der Waals surface area contributed by atoms with E-state index in [0.717, 1.165) is 18.1 Å². The number of benzene rings is 3. The Kier molecular flexibility index (Phi) is 6.88. The van der Waals surface area contributed by atoms with Gasteiger partial charge < -0.3 is 10.2 Å². The molecule has 4 rings (SSSR count). The first-order valence-electron chi connectivity index (χ1n) is 10.7. The molecule has 6 heteroatoms. The van der Waals surface area contributed by atoms with E-state index in [1.165, 1.54) is 18.1 Å². The van der Waals surface area contributed by atoms with Crippen molar-refractivity contribution in [3.63, 3.8) is 0 Å². The molecule has 0 aliphatic carbocycles. The number of hydrogen-bond donors (Lipinski definition) is 1. The second kappa shape index (κ2) is 9.98. The van der Waals surface area contributed by atoms with Crippen LogP contribution in [0, 0.1) is 0 Å². The molecule has 0 aromatic heterocycles. The number of hydrogen-bond acceptors (Lipinski definition) is 3. The molecule has 0 unspecified atom stereocenters. The van der Waals surface area contributed by atoms with E-state index in [9.17, 15) is 9.59 Å². The summed E-state index contributed by atoms with van der Waals surface area (Å²) in [7, 11) is 0. The summed E-state index contributed by atoms with van der Waals surface area (Å²) < 4.78 is 0. The molecule has 1 heterocycles. The van der Waals surface area contributed by atoms with E-state index >= 15 is 0 Å². The average molecular weight is 448 g/mol. The highest BCUT2D eigenvalue weighted by molar-refractivity contribution is 6.30. The normalized spacial score (nSPS) is 15.2. The van der Waals surface area contributed by atoms with Gasteiger partial charge in [0, 0.05) is 42.5 Å². The summed E-state index contributed by atoms with van der Waals surface area (Å²) in [4.78, 5) is 28.6. The lowest BCUT2D eigenvalue weighted by molar-refractivity contribution is 0.101. The minimum absolute atomic E-state index is 0.0242. The molecule has 1 fully saturated rings. The highest BCUT2D eigenvalue weighted by Crippen LogP contribution is 2.30. The minimum atomic E-state index is -0.145. The Labute approximate surface area is 193 Å². The first kappa shape index (κ1) is 22.1. The number of nitrogens with zero attached hydrogens (tertiary/aromatic N) is 2. The Morgan fingerprint density at radius 1 is 0.844 bits per heavy atom. The molecule has 0 bridgehead atoms. The number of carbonyl (C=O) groups is 2. The van der Waals surface area contributed by atoms with E-state index in [1.54, 1.807) is 24.3 Å². The van der Waals surface area contributed by atoms with Gasteiger partial charge in [0.25, 0.3) is 0 Å². The van der Waals surface area contributed by atoms with Gasteiger partial charge in [0.15, 0.2) is 5.78 Å². The molecule has 1 aliphatic rings. The van der Waals surface area contributed by atoms with Crippen molar-refractivity contribution in [3.05, 3.63) is 101 Å². The number of halogens is 1. The zero-order valence-electron chi connectivity index (χ0n) is 18.0. The number of piperazine rings is 1. The van der Waals surface area contributed by atoms with Gasteiger partial charge in [-0.15, -0.1) is 0 Å². The molecule has 1 saturated heterocycles. The van der Waals surface area contributed by atoms with Crippen LogP contribution in [0.5, 0.6) is 0 Å². The third-order valence-electron chi connectivity index (χ3n) is 5.79. The summed E-state index contributed by atoms with van der Waals surface area (Å²) in [5.74, 6) is -0.0242. The number of amides is 2. The maximum absolute atomic E-state index is 12.8. The predicted octanol–water partition coefficient (Wildman–Crippen LogP) is 5.48. The Morgan fingerprint density at radius 2 is 1.50 bits per heavy atom. The van der Waals surface area contributed by atoms with E-state index < -0.39 is 0 Å². The van der Waals surface area contributed by atoms with E-state index in [1.807, 2.05) is 23.1 Å². The number of Topliss-reactive ketones (excluding diaryl/α,β-unsaturated/α-hetero) is 1. The molecule has 1 aliphatic heterocycles. The Morgan fingerprint density at radius 3 is 2.16 bits per heavy atom. The number of carbonyl (C=O) groups excluding carboxylic acids is 2. The zero-order chi connectivity index (χ0) is 22.5. The third kappa shape index (κ3) is 5.18. The first-order valence-corrected chi connectivity index (χ1v) is 11.1. The second-order valence-electron chi connectivity index (χ2n) is 7.95. The molecule has 2 amide bonds. The lowest BCUT2D eigenvalue weighted by Crippen LogP contribution is -2.51. The summed E-state index contributed by atoms with van der Waals surface area (Å²) in [6, 6.07) is 25.4. The molecule has 1 atom stereocenters. The van der Waals surface area contributed by atoms with Crippen molar-refractivity contribution in [3.8, 4) is 0 Å². The SMILES string of the molecule is CC(=O)c1cccc(NC(=O)N2CCN([C@H](c3ccccc3)c3ccc(Cl)cc3)CC2)c1. The van der Waals surface area contributed by atoms with Crippen molar-refractivity contribution in [1.29, 1.82) is 0 Å². The number of urea groups is 1. The van der Waals surface area contributed by atoms with E-state index in [0.29, 0.717) is 24.3 Å². The van der Waals surface area contributed by atoms with Crippen molar-refractivity contribution in [1.82, 2.24) is 9.80 Å². The van der Waals surface area contributed by atoms with Gasteiger partial charge in [0.05, 0.1) is 6.04 Å². The lowest BCUT2D eigenvalue weighted by atomic mass is 9.96. The van der Waals surface area contributed by atoms with Gasteiger partial charge in [-0.2, -0.15) is 0 Å². The first-order chi connectivity index (χ1) is 15.5. The number of nitrogens with one attached hydrogen (secondary N) is 1. The van der Waals surface area contributed by atoms with Crippen LogP contribution in [0.15, 0.2) is 78.9 Å². The summed E-state index contributed by atoms with van der Waals surface area (Å²) in [6.07, 6.45) is 0. The Hall–Kier alpha value is -3.15. The summed E-state index contributed by atoms with van der Waals surface area (Å²) in [5.41, 5.74) is 3.61. The van der Waals surface area contributed by atoms with Crippen LogP contribution < -0.4 is 5.32 Å². The van der Waals surface area contributed by atoms with Crippen molar-refractivity contribution >= 4 is 29.1 Å². The Bertz CT molecular complexity index is 1080. The largest absolute Gasteiger partial charge is 0.322 e. The highest BCUT2D eigenvalue weighted by Gasteiger charge is 2.28. The van der Waals surface area contributed by atoms with Crippen LogP contribution in [-0.2, 0) is 0 Å². The lowest BCUT2D eigenvalue weighted by Gasteiger charge is -2.39. The summed E-state index contributed by atoms with van der Waals surface area (Å²) in [5, 5.41) is 3.64. The van der Waals surface area contributed by atoms with Gasteiger partial charge in [-0.25, -0.2) is 4.79 Å². The van der Waals surface area contributed by atoms with E-state index in [-0.39, 0.29) is 17.9 Å². The molecule has 0 spiro atoms. The van der Waals surface area contributed by atoms with E-state index in [2.05, 4.69) is 46.6 Å². The zero-order valence-corrected chi connectivity index (χ0v) is 18.8. The van der Waals surface area contributed by atoms with Crippen LogP contribution in [0.1, 0.15) is 34.5 Å². The predicted molar refractivity (Wildman–Crippen MR) is 128 cm³/mol. The van der Waals surface area contributed by atoms with Crippen LogP contribution >= 0.6 is 11.6 Å². The fraction of sp³-hybridized carbons (Fsp3) is 0.231. The third-order valence-corrected chi connectivity index (χ3v) is 6.04. The molecule has 0 saturated carbocycles. The monoisotopic (exact) mass is 447 g/mol. The van der Waals surface area contributed by atoms with Crippen LogP contribution in [0.3, 0.4) is 0 Å². The number of rotatable bonds is 5. The highest BCUT2D eigenvalue weighted by atomic mass is 35.5. The smallest absolute Gasteiger partial charge is 0.321 e. The molecular formula is C26H26ClN3O2. The maximum Gasteiger partial charge on any atom is 0.321 e. The van der Waals surface area contributed by atoms with Crippen LogP contribution in [0.25, 0.3) is 0 Å². The average Bonchev–Trinajstić information content (AvgIpc) is 2.82. The number of anilines is 1. The van der Waals surface area contributed by atoms with Crippen LogP contribution in [-0.4, -0.2) is 47.8 Å². The van der Waals surface area contributed by atoms with Gasteiger partial charge in [-0.05, 0) is 42.3 Å². The standard InChI is InChI=1S/C26H26ClN3O2/c1-19(31)22-8-5-9-24(18-22)28-26(32)30-16-14-29(15-17-30)25(20-6-3-2-4-7-20)21-10-12-23(27)13-11-21/h2-13,18,25H,14-17H2,1H3,(H,28,32)/t25-/m1/s1. The molecule has 3 aromatic rings. The molecule has 1 N–H and O–H groups in total. The van der Waals surface area contributed by atoms with Crippen molar-refractivity contribution < 1.29 is 9.59 Å². The molecule has 5 nitrogen and oxygen atoms in total. The fourth-order valence-corrected chi connectivity index (χ4v) is 4.22. The second-order valence-corrected chi connectivity index (χ2v) is 8.39. The van der Waals surface area contributed by atoms with Gasteiger partial charge in [-0.1, -0.05) is 66.2 Å². The minimum Gasteiger partial charge on any atom is -0.322 e. The molecule has 32 heavy (non-hydrogen) atoms. The molecule has 164 valence electrons. The van der Waals surface area contributed by atoms with Gasteiger partial charge in [0.1, 0.15) is 0 Å². The topological polar surface area (TPSA) is 52.7 Å². The molecular weight excluding hydrogens is 422 g/mol. The Balaban J connectivity index is 1.45. The van der Waals surface area contributed by atoms with Gasteiger partial charge in [0.2, 0.25) is 0 Å². The maximum atomic E-state index is 12.8. The van der Waals surface area contributed by atoms with Gasteiger partial charge in [-0.3, -0.25) is 9.69 Å². The van der Waals surface area contributed by atoms with Crippen molar-refractivity contribution in [2.45, 2.75) is 13.0 Å². The van der Waals surface area contributed by atoms with Gasteiger partial charge >= 0.3 is 6.03 Å². The van der Waals surface area contributed by atoms with Crippen LogP contribution in [0.4, 0.5) is 10.5 Å². The van der Waals surface area contributed by atoms with Crippen molar-refractivity contribution in [2.75, 3.05) is 31.5 Å².